The zero-order chi connectivity index (χ0) is 16.8. The molecule has 1 atom stereocenters. The molecule has 0 unspecified atom stereocenters. The monoisotopic (exact) mass is 328 g/mol. The summed E-state index contributed by atoms with van der Waals surface area (Å²) in [5.41, 5.74) is 1.28. The highest BCUT2D eigenvalue weighted by Gasteiger charge is 2.21. The van der Waals surface area contributed by atoms with Gasteiger partial charge in [-0.15, -0.1) is 0 Å². The van der Waals surface area contributed by atoms with E-state index < -0.39 is 6.10 Å². The minimum absolute atomic E-state index is 0.133. The van der Waals surface area contributed by atoms with Gasteiger partial charge in [-0.1, -0.05) is 30.3 Å². The lowest BCUT2D eigenvalue weighted by Gasteiger charge is -2.30. The van der Waals surface area contributed by atoms with Gasteiger partial charge in [-0.05, 0) is 24.8 Å². The van der Waals surface area contributed by atoms with Crippen LogP contribution in [-0.4, -0.2) is 44.8 Å². The van der Waals surface area contributed by atoms with Crippen molar-refractivity contribution in [3.63, 3.8) is 0 Å². The van der Waals surface area contributed by atoms with E-state index in [4.69, 9.17) is 0 Å². The van der Waals surface area contributed by atoms with Gasteiger partial charge in [0.1, 0.15) is 5.82 Å². The van der Waals surface area contributed by atoms with Gasteiger partial charge in [0.15, 0.2) is 0 Å². The maximum atomic E-state index is 12.2. The zero-order valence-electron chi connectivity index (χ0n) is 13.8. The molecule has 2 aromatic rings. The third kappa shape index (κ3) is 4.35. The second kappa shape index (κ2) is 7.97. The largest absolute Gasteiger partial charge is 0.391 e. The van der Waals surface area contributed by atoms with Crippen LogP contribution in [0.15, 0.2) is 42.7 Å². The van der Waals surface area contributed by atoms with Gasteiger partial charge in [-0.2, -0.15) is 0 Å². The number of likely N-dealkylation sites (tertiary alicyclic amines) is 1. The number of β-amino-alcohol motifs (C(OH)–C–C–N with tert-alkyl or cyclic N) is 1. The summed E-state index contributed by atoms with van der Waals surface area (Å²) >= 11 is 0. The molecule has 0 saturated carbocycles. The number of nitrogens with zero attached hydrogens (tertiary/aromatic N) is 3. The van der Waals surface area contributed by atoms with Crippen molar-refractivity contribution in [3.8, 4) is 0 Å². The van der Waals surface area contributed by atoms with Gasteiger partial charge in [0, 0.05) is 32.0 Å². The first kappa shape index (κ1) is 16.5. The fourth-order valence-corrected chi connectivity index (χ4v) is 3.01. The van der Waals surface area contributed by atoms with Crippen molar-refractivity contribution in [1.82, 2.24) is 19.8 Å². The van der Waals surface area contributed by atoms with Gasteiger partial charge >= 0.3 is 6.03 Å². The Kier molecular flexibility index (Phi) is 5.48. The highest BCUT2D eigenvalue weighted by atomic mass is 16.3. The molecule has 0 radical (unpaired) electrons. The Morgan fingerprint density at radius 3 is 2.96 bits per heavy atom. The van der Waals surface area contributed by atoms with E-state index in [1.54, 1.807) is 11.1 Å². The quantitative estimate of drug-likeness (QED) is 0.879. The predicted molar refractivity (Wildman–Crippen MR) is 91.4 cm³/mol. The van der Waals surface area contributed by atoms with Crippen molar-refractivity contribution in [2.24, 2.45) is 0 Å². The standard InChI is InChI=1S/C18H24N4O2/c23-16-7-4-10-22(14-16)18(24)20-13-17-19-9-12-21(17)11-8-15-5-2-1-3-6-15/h1-3,5-6,9,12,16,23H,4,7-8,10-11,13-14H2,(H,20,24)/t16-/m1/s1. The van der Waals surface area contributed by atoms with Gasteiger partial charge in [0.2, 0.25) is 0 Å². The SMILES string of the molecule is O=C(NCc1nccn1CCc1ccccc1)N1CCC[C@@H](O)C1. The van der Waals surface area contributed by atoms with Gasteiger partial charge in [-0.25, -0.2) is 9.78 Å². The predicted octanol–water partition coefficient (Wildman–Crippen LogP) is 1.79. The lowest BCUT2D eigenvalue weighted by molar-refractivity contribution is 0.0841. The van der Waals surface area contributed by atoms with Crippen molar-refractivity contribution in [3.05, 3.63) is 54.1 Å². The van der Waals surface area contributed by atoms with Gasteiger partial charge < -0.3 is 19.9 Å². The number of aliphatic hydroxyl groups is 1. The van der Waals surface area contributed by atoms with Crippen LogP contribution >= 0.6 is 0 Å². The first-order valence-electron chi connectivity index (χ1n) is 8.47. The number of aryl methyl sites for hydroxylation is 2. The molecule has 24 heavy (non-hydrogen) atoms. The molecule has 0 aliphatic carbocycles. The molecule has 1 saturated heterocycles. The lowest BCUT2D eigenvalue weighted by Crippen LogP contribution is -2.47. The molecule has 2 N–H and O–H groups in total. The fourth-order valence-electron chi connectivity index (χ4n) is 3.01. The summed E-state index contributed by atoms with van der Waals surface area (Å²) in [5.74, 6) is 0.844. The van der Waals surface area contributed by atoms with E-state index in [0.29, 0.717) is 19.6 Å². The molecular weight excluding hydrogens is 304 g/mol. The molecule has 0 bridgehead atoms. The van der Waals surface area contributed by atoms with Gasteiger partial charge in [-0.3, -0.25) is 0 Å². The summed E-state index contributed by atoms with van der Waals surface area (Å²) in [6.07, 6.45) is 5.84. The van der Waals surface area contributed by atoms with Crippen LogP contribution in [0.3, 0.4) is 0 Å². The number of urea groups is 1. The fraction of sp³-hybridized carbons (Fsp3) is 0.444. The van der Waals surface area contributed by atoms with E-state index in [-0.39, 0.29) is 6.03 Å². The number of piperidine rings is 1. The number of rotatable bonds is 5. The average molecular weight is 328 g/mol. The van der Waals surface area contributed by atoms with Crippen molar-refractivity contribution in [2.75, 3.05) is 13.1 Å². The highest BCUT2D eigenvalue weighted by Crippen LogP contribution is 2.10. The number of nitrogens with one attached hydrogen (secondary N) is 1. The highest BCUT2D eigenvalue weighted by molar-refractivity contribution is 5.74. The van der Waals surface area contributed by atoms with Crippen LogP contribution in [0.4, 0.5) is 4.79 Å². The molecule has 1 aliphatic rings. The summed E-state index contributed by atoms with van der Waals surface area (Å²) in [6, 6.07) is 10.2. The van der Waals surface area contributed by atoms with E-state index >= 15 is 0 Å². The van der Waals surface area contributed by atoms with E-state index in [9.17, 15) is 9.90 Å². The zero-order valence-corrected chi connectivity index (χ0v) is 13.8. The van der Waals surface area contributed by atoms with Crippen molar-refractivity contribution < 1.29 is 9.90 Å². The number of carbonyl (C=O) groups excluding carboxylic acids is 1. The normalized spacial score (nSPS) is 17.7. The molecule has 1 aliphatic heterocycles. The summed E-state index contributed by atoms with van der Waals surface area (Å²) in [7, 11) is 0. The molecule has 1 aromatic carbocycles. The number of hydrogen-bond donors (Lipinski definition) is 2. The number of hydrogen-bond acceptors (Lipinski definition) is 3. The van der Waals surface area contributed by atoms with Crippen LogP contribution in [0, 0.1) is 0 Å². The minimum Gasteiger partial charge on any atom is -0.391 e. The molecule has 2 amide bonds. The average Bonchev–Trinajstić information content (AvgIpc) is 3.06. The summed E-state index contributed by atoms with van der Waals surface area (Å²) in [5, 5.41) is 12.6. The van der Waals surface area contributed by atoms with E-state index in [1.165, 1.54) is 5.56 Å². The Morgan fingerprint density at radius 2 is 2.17 bits per heavy atom. The van der Waals surface area contributed by atoms with Crippen LogP contribution < -0.4 is 5.32 Å². The Hall–Kier alpha value is -2.34. The summed E-state index contributed by atoms with van der Waals surface area (Å²) in [6.45, 7) is 2.34. The molecular formula is C18H24N4O2. The molecule has 1 fully saturated rings. The molecule has 0 spiro atoms. The first-order chi connectivity index (χ1) is 11.7. The van der Waals surface area contributed by atoms with Crippen molar-refractivity contribution >= 4 is 6.03 Å². The van der Waals surface area contributed by atoms with Gasteiger partial charge in [0.25, 0.3) is 0 Å². The second-order valence-corrected chi connectivity index (χ2v) is 6.17. The Labute approximate surface area is 142 Å². The molecule has 1 aromatic heterocycles. The summed E-state index contributed by atoms with van der Waals surface area (Å²) < 4.78 is 2.07. The van der Waals surface area contributed by atoms with Crippen LogP contribution in [0.1, 0.15) is 24.2 Å². The van der Waals surface area contributed by atoms with Gasteiger partial charge in [0.05, 0.1) is 12.6 Å². The van der Waals surface area contributed by atoms with Crippen LogP contribution in [0.2, 0.25) is 0 Å². The number of imidazole rings is 1. The topological polar surface area (TPSA) is 70.4 Å². The number of aliphatic hydroxyl groups excluding tert-OH is 1. The summed E-state index contributed by atoms with van der Waals surface area (Å²) in [4.78, 5) is 18.2. The molecule has 3 rings (SSSR count). The number of aromatic nitrogens is 2. The number of amides is 2. The minimum atomic E-state index is -0.405. The third-order valence-corrected chi connectivity index (χ3v) is 4.37. The number of carbonyl (C=O) groups is 1. The Balaban J connectivity index is 1.51. The maximum absolute atomic E-state index is 12.2. The van der Waals surface area contributed by atoms with E-state index in [1.807, 2.05) is 24.4 Å². The molecule has 6 heteroatoms. The Morgan fingerprint density at radius 1 is 1.33 bits per heavy atom. The van der Waals surface area contributed by atoms with E-state index in [0.717, 1.165) is 31.6 Å². The molecule has 128 valence electrons. The first-order valence-corrected chi connectivity index (χ1v) is 8.47. The lowest BCUT2D eigenvalue weighted by atomic mass is 10.1. The van der Waals surface area contributed by atoms with Crippen LogP contribution in [0.25, 0.3) is 0 Å². The van der Waals surface area contributed by atoms with Crippen molar-refractivity contribution in [2.45, 2.75) is 38.5 Å². The molecule has 2 heterocycles. The third-order valence-electron chi connectivity index (χ3n) is 4.37. The smallest absolute Gasteiger partial charge is 0.317 e. The maximum Gasteiger partial charge on any atom is 0.317 e. The number of benzene rings is 1. The van der Waals surface area contributed by atoms with Crippen LogP contribution in [0.5, 0.6) is 0 Å². The molecule has 6 nitrogen and oxygen atoms in total. The van der Waals surface area contributed by atoms with E-state index in [2.05, 4.69) is 27.0 Å². The van der Waals surface area contributed by atoms with Crippen LogP contribution in [-0.2, 0) is 19.5 Å². The Bertz CT molecular complexity index is 656. The second-order valence-electron chi connectivity index (χ2n) is 6.17. The van der Waals surface area contributed by atoms with Crippen molar-refractivity contribution in [1.29, 1.82) is 0 Å².